The van der Waals surface area contributed by atoms with Gasteiger partial charge in [0.1, 0.15) is 6.10 Å². The predicted molar refractivity (Wildman–Crippen MR) is 80.3 cm³/mol. The molecule has 0 amide bonds. The maximum absolute atomic E-state index is 5.67. The van der Waals surface area contributed by atoms with Crippen LogP contribution in [0, 0.1) is 5.92 Å². The minimum absolute atomic E-state index is 0.0578. The van der Waals surface area contributed by atoms with Crippen LogP contribution in [0.2, 0.25) is 0 Å². The van der Waals surface area contributed by atoms with E-state index in [1.165, 1.54) is 32.1 Å². The molecule has 112 valence electrons. The third kappa shape index (κ3) is 4.25. The first-order valence-corrected chi connectivity index (χ1v) is 7.77. The quantitative estimate of drug-likeness (QED) is 0.867. The first kappa shape index (κ1) is 15.4. The highest BCUT2D eigenvalue weighted by Crippen LogP contribution is 2.34. The first-order chi connectivity index (χ1) is 9.70. The van der Waals surface area contributed by atoms with Gasteiger partial charge in [0.25, 0.3) is 0 Å². The highest BCUT2D eigenvalue weighted by molar-refractivity contribution is 5.07. The number of aromatic nitrogens is 2. The van der Waals surface area contributed by atoms with Gasteiger partial charge >= 0.3 is 0 Å². The molecule has 1 unspecified atom stereocenters. The van der Waals surface area contributed by atoms with Gasteiger partial charge in [-0.05, 0) is 18.8 Å². The van der Waals surface area contributed by atoms with Gasteiger partial charge in [-0.25, -0.2) is 9.97 Å². The van der Waals surface area contributed by atoms with Crippen molar-refractivity contribution in [3.63, 3.8) is 0 Å². The number of nitrogens with one attached hydrogen (secondary N) is 1. The Morgan fingerprint density at radius 1 is 1.20 bits per heavy atom. The third-order valence-corrected chi connectivity index (χ3v) is 4.03. The van der Waals surface area contributed by atoms with Crippen molar-refractivity contribution in [2.24, 2.45) is 5.92 Å². The Bertz CT molecular complexity index is 385. The fourth-order valence-electron chi connectivity index (χ4n) is 2.87. The Hall–Kier alpha value is -1.00. The van der Waals surface area contributed by atoms with Gasteiger partial charge in [0, 0.05) is 37.7 Å². The SMILES string of the molecule is COC(c1ncc(CNC(C)C)cn1)C1CCCCC1. The van der Waals surface area contributed by atoms with E-state index >= 15 is 0 Å². The van der Waals surface area contributed by atoms with Crippen LogP contribution < -0.4 is 5.32 Å². The molecule has 1 aromatic heterocycles. The summed E-state index contributed by atoms with van der Waals surface area (Å²) in [5, 5.41) is 3.38. The van der Waals surface area contributed by atoms with Crippen LogP contribution in [-0.2, 0) is 11.3 Å². The molecule has 1 heterocycles. The number of rotatable bonds is 6. The number of hydrogen-bond donors (Lipinski definition) is 1. The van der Waals surface area contributed by atoms with E-state index in [2.05, 4.69) is 29.1 Å². The van der Waals surface area contributed by atoms with Crippen molar-refractivity contribution in [1.82, 2.24) is 15.3 Å². The fraction of sp³-hybridized carbons (Fsp3) is 0.750. The average molecular weight is 277 g/mol. The Kier molecular flexibility index (Phi) is 5.92. The van der Waals surface area contributed by atoms with Crippen LogP contribution in [0.4, 0.5) is 0 Å². The van der Waals surface area contributed by atoms with Gasteiger partial charge < -0.3 is 10.1 Å². The summed E-state index contributed by atoms with van der Waals surface area (Å²) < 4.78 is 5.67. The summed E-state index contributed by atoms with van der Waals surface area (Å²) in [5.41, 5.74) is 1.13. The van der Waals surface area contributed by atoms with E-state index in [4.69, 9.17) is 4.74 Å². The summed E-state index contributed by atoms with van der Waals surface area (Å²) in [6, 6.07) is 0.476. The van der Waals surface area contributed by atoms with Gasteiger partial charge in [-0.3, -0.25) is 0 Å². The second-order valence-electron chi connectivity index (χ2n) is 6.04. The molecule has 1 aliphatic carbocycles. The van der Waals surface area contributed by atoms with Crippen LogP contribution in [0.1, 0.15) is 63.4 Å². The van der Waals surface area contributed by atoms with Gasteiger partial charge in [-0.1, -0.05) is 33.1 Å². The third-order valence-electron chi connectivity index (χ3n) is 4.03. The van der Waals surface area contributed by atoms with Gasteiger partial charge in [-0.15, -0.1) is 0 Å². The number of hydrogen-bond acceptors (Lipinski definition) is 4. The van der Waals surface area contributed by atoms with E-state index in [9.17, 15) is 0 Å². The second kappa shape index (κ2) is 7.70. The average Bonchev–Trinajstić information content (AvgIpc) is 2.48. The van der Waals surface area contributed by atoms with Gasteiger partial charge in [0.05, 0.1) is 0 Å². The molecule has 1 aromatic rings. The minimum Gasteiger partial charge on any atom is -0.373 e. The van der Waals surface area contributed by atoms with Gasteiger partial charge in [-0.2, -0.15) is 0 Å². The molecule has 1 saturated carbocycles. The van der Waals surface area contributed by atoms with Gasteiger partial charge in [0.15, 0.2) is 5.82 Å². The van der Waals surface area contributed by atoms with Crippen LogP contribution in [-0.4, -0.2) is 23.1 Å². The molecule has 20 heavy (non-hydrogen) atoms. The zero-order valence-corrected chi connectivity index (χ0v) is 12.9. The van der Waals surface area contributed by atoms with Crippen molar-refractivity contribution >= 4 is 0 Å². The van der Waals surface area contributed by atoms with Crippen molar-refractivity contribution in [2.45, 2.75) is 64.6 Å². The summed E-state index contributed by atoms with van der Waals surface area (Å²) in [4.78, 5) is 9.05. The zero-order chi connectivity index (χ0) is 14.4. The molecule has 1 N–H and O–H groups in total. The lowest BCUT2D eigenvalue weighted by Gasteiger charge is -2.28. The lowest BCUT2D eigenvalue weighted by molar-refractivity contribution is 0.0288. The molecule has 0 saturated heterocycles. The summed E-state index contributed by atoms with van der Waals surface area (Å²) in [7, 11) is 1.77. The van der Waals surface area contributed by atoms with Crippen LogP contribution in [0.15, 0.2) is 12.4 Å². The van der Waals surface area contributed by atoms with Crippen LogP contribution in [0.3, 0.4) is 0 Å². The fourth-order valence-corrected chi connectivity index (χ4v) is 2.87. The normalized spacial score (nSPS) is 18.4. The number of ether oxygens (including phenoxy) is 1. The smallest absolute Gasteiger partial charge is 0.157 e. The van der Waals surface area contributed by atoms with Crippen LogP contribution >= 0.6 is 0 Å². The lowest BCUT2D eigenvalue weighted by atomic mass is 9.85. The van der Waals surface area contributed by atoms with E-state index in [0.717, 1.165) is 17.9 Å². The molecule has 2 rings (SSSR count). The Labute approximate surface area is 122 Å². The monoisotopic (exact) mass is 277 g/mol. The van der Waals surface area contributed by atoms with E-state index in [-0.39, 0.29) is 6.10 Å². The predicted octanol–water partition coefficient (Wildman–Crippen LogP) is 3.24. The molecule has 1 fully saturated rings. The summed E-state index contributed by atoms with van der Waals surface area (Å²) in [5.74, 6) is 1.42. The zero-order valence-electron chi connectivity index (χ0n) is 12.9. The molecular weight excluding hydrogens is 250 g/mol. The maximum Gasteiger partial charge on any atom is 0.157 e. The number of nitrogens with zero attached hydrogens (tertiary/aromatic N) is 2. The van der Waals surface area contributed by atoms with Crippen molar-refractivity contribution < 1.29 is 4.74 Å². The van der Waals surface area contributed by atoms with Crippen molar-refractivity contribution in [1.29, 1.82) is 0 Å². The van der Waals surface area contributed by atoms with E-state index < -0.39 is 0 Å². The van der Waals surface area contributed by atoms with Crippen LogP contribution in [0.25, 0.3) is 0 Å². The molecule has 4 nitrogen and oxygen atoms in total. The lowest BCUT2D eigenvalue weighted by Crippen LogP contribution is -2.23. The van der Waals surface area contributed by atoms with Gasteiger partial charge in [0.2, 0.25) is 0 Å². The molecular formula is C16H27N3O. The molecule has 1 atom stereocenters. The molecule has 1 aliphatic rings. The first-order valence-electron chi connectivity index (χ1n) is 7.77. The van der Waals surface area contributed by atoms with Crippen molar-refractivity contribution in [3.05, 3.63) is 23.8 Å². The molecule has 0 bridgehead atoms. The highest BCUT2D eigenvalue weighted by Gasteiger charge is 2.26. The Morgan fingerprint density at radius 2 is 1.85 bits per heavy atom. The number of methoxy groups -OCH3 is 1. The van der Waals surface area contributed by atoms with E-state index in [0.29, 0.717) is 12.0 Å². The largest absolute Gasteiger partial charge is 0.373 e. The summed E-state index contributed by atoms with van der Waals surface area (Å²) >= 11 is 0. The molecule has 0 radical (unpaired) electrons. The van der Waals surface area contributed by atoms with Crippen molar-refractivity contribution in [2.75, 3.05) is 7.11 Å². The second-order valence-corrected chi connectivity index (χ2v) is 6.04. The van der Waals surface area contributed by atoms with Crippen molar-refractivity contribution in [3.8, 4) is 0 Å². The summed E-state index contributed by atoms with van der Waals surface area (Å²) in [6.07, 6.45) is 10.3. The molecule has 4 heteroatoms. The maximum atomic E-state index is 5.67. The van der Waals surface area contributed by atoms with Crippen LogP contribution in [0.5, 0.6) is 0 Å². The molecule has 0 aromatic carbocycles. The Balaban J connectivity index is 1.99. The summed E-state index contributed by atoms with van der Waals surface area (Å²) in [6.45, 7) is 5.09. The molecule has 0 spiro atoms. The Morgan fingerprint density at radius 3 is 2.40 bits per heavy atom. The highest BCUT2D eigenvalue weighted by atomic mass is 16.5. The van der Waals surface area contributed by atoms with E-state index in [1.54, 1.807) is 7.11 Å². The van der Waals surface area contributed by atoms with E-state index in [1.807, 2.05) is 12.4 Å². The standard InChI is InChI=1S/C16H27N3O/c1-12(2)17-9-13-10-18-16(19-11-13)15(20-3)14-7-5-4-6-8-14/h10-12,14-15,17H,4-9H2,1-3H3. The minimum atomic E-state index is 0.0578. The molecule has 0 aliphatic heterocycles. The topological polar surface area (TPSA) is 47.0 Å².